The average Bonchev–Trinajstić information content (AvgIpc) is 2.16. The molecule has 2 unspecified atom stereocenters. The monoisotopic (exact) mass is 251 g/mol. The molecule has 0 amide bonds. The highest BCUT2D eigenvalue weighted by molar-refractivity contribution is 7.89. The lowest BCUT2D eigenvalue weighted by Crippen LogP contribution is -2.52. The zero-order valence-corrected chi connectivity index (χ0v) is 10.9. The maximum atomic E-state index is 12.1. The van der Waals surface area contributed by atoms with Crippen molar-refractivity contribution in [2.75, 3.05) is 25.5 Å². The molecule has 1 N–H and O–H groups in total. The molecule has 0 bridgehead atoms. The standard InChI is InChI=1S/C10H21NO4S/c1-8(2)7-16(13,14)11-4-10(5-12)15-6-9(11)3/h8-10,12H,4-7H2,1-3H3. The molecule has 1 aliphatic rings. The SMILES string of the molecule is CC(C)CS(=O)(=O)N1CC(CO)OCC1C. The van der Waals surface area contributed by atoms with E-state index in [9.17, 15) is 8.42 Å². The molecule has 0 aromatic rings. The first-order valence-electron chi connectivity index (χ1n) is 5.58. The van der Waals surface area contributed by atoms with Gasteiger partial charge < -0.3 is 9.84 Å². The van der Waals surface area contributed by atoms with Gasteiger partial charge in [-0.3, -0.25) is 0 Å². The summed E-state index contributed by atoms with van der Waals surface area (Å²) in [6.07, 6.45) is -0.391. The summed E-state index contributed by atoms with van der Waals surface area (Å²) in [6, 6.07) is -0.147. The molecule has 0 aliphatic carbocycles. The maximum absolute atomic E-state index is 12.1. The minimum Gasteiger partial charge on any atom is -0.394 e. The topological polar surface area (TPSA) is 66.8 Å². The third-order valence-corrected chi connectivity index (χ3v) is 4.86. The number of rotatable bonds is 4. The number of sulfonamides is 1. The van der Waals surface area contributed by atoms with Crippen molar-refractivity contribution >= 4 is 10.0 Å². The molecular weight excluding hydrogens is 230 g/mol. The molecule has 16 heavy (non-hydrogen) atoms. The number of aliphatic hydroxyl groups is 1. The van der Waals surface area contributed by atoms with Crippen molar-refractivity contribution in [3.05, 3.63) is 0 Å². The Hall–Kier alpha value is -0.170. The van der Waals surface area contributed by atoms with Crippen molar-refractivity contribution < 1.29 is 18.3 Å². The van der Waals surface area contributed by atoms with Crippen molar-refractivity contribution in [3.8, 4) is 0 Å². The first-order valence-corrected chi connectivity index (χ1v) is 7.19. The van der Waals surface area contributed by atoms with E-state index < -0.39 is 16.1 Å². The smallest absolute Gasteiger partial charge is 0.214 e. The van der Waals surface area contributed by atoms with E-state index in [1.54, 1.807) is 0 Å². The van der Waals surface area contributed by atoms with Gasteiger partial charge in [0.05, 0.1) is 25.1 Å². The zero-order valence-electron chi connectivity index (χ0n) is 10.1. The van der Waals surface area contributed by atoms with Crippen molar-refractivity contribution in [1.82, 2.24) is 4.31 Å². The number of hydrogen-bond donors (Lipinski definition) is 1. The largest absolute Gasteiger partial charge is 0.394 e. The Morgan fingerprint density at radius 1 is 1.50 bits per heavy atom. The van der Waals surface area contributed by atoms with Gasteiger partial charge in [-0.2, -0.15) is 4.31 Å². The Bertz CT molecular complexity index is 315. The van der Waals surface area contributed by atoms with Gasteiger partial charge >= 0.3 is 0 Å². The van der Waals surface area contributed by atoms with E-state index in [1.807, 2.05) is 20.8 Å². The van der Waals surface area contributed by atoms with E-state index in [1.165, 1.54) is 4.31 Å². The Kier molecular flexibility index (Phi) is 4.73. The lowest BCUT2D eigenvalue weighted by Gasteiger charge is -2.36. The lowest BCUT2D eigenvalue weighted by atomic mass is 10.2. The molecule has 2 atom stereocenters. The average molecular weight is 251 g/mol. The van der Waals surface area contributed by atoms with Crippen LogP contribution in [0.2, 0.25) is 0 Å². The fraction of sp³-hybridized carbons (Fsp3) is 1.00. The van der Waals surface area contributed by atoms with Crippen LogP contribution in [0.15, 0.2) is 0 Å². The van der Waals surface area contributed by atoms with Gasteiger partial charge in [0.1, 0.15) is 0 Å². The molecule has 0 spiro atoms. The number of ether oxygens (including phenoxy) is 1. The molecule has 1 aliphatic heterocycles. The van der Waals surface area contributed by atoms with Gasteiger partial charge in [-0.1, -0.05) is 13.8 Å². The summed E-state index contributed by atoms with van der Waals surface area (Å²) in [5.41, 5.74) is 0. The van der Waals surface area contributed by atoms with E-state index in [0.717, 1.165) is 0 Å². The quantitative estimate of drug-likeness (QED) is 0.767. The van der Waals surface area contributed by atoms with Gasteiger partial charge in [0.2, 0.25) is 10.0 Å². The second kappa shape index (κ2) is 5.44. The van der Waals surface area contributed by atoms with Crippen molar-refractivity contribution in [3.63, 3.8) is 0 Å². The molecule has 0 saturated carbocycles. The summed E-state index contributed by atoms with van der Waals surface area (Å²) in [7, 11) is -3.23. The van der Waals surface area contributed by atoms with Crippen LogP contribution in [0.1, 0.15) is 20.8 Å². The van der Waals surface area contributed by atoms with Crippen molar-refractivity contribution in [1.29, 1.82) is 0 Å². The molecule has 1 rings (SSSR count). The van der Waals surface area contributed by atoms with E-state index >= 15 is 0 Å². The van der Waals surface area contributed by atoms with Crippen LogP contribution in [-0.4, -0.2) is 55.5 Å². The Morgan fingerprint density at radius 3 is 2.62 bits per heavy atom. The second-order valence-electron chi connectivity index (χ2n) is 4.73. The minimum absolute atomic E-state index is 0.104. The minimum atomic E-state index is -3.23. The van der Waals surface area contributed by atoms with E-state index in [0.29, 0.717) is 6.61 Å². The van der Waals surface area contributed by atoms with Crippen LogP contribution < -0.4 is 0 Å². The summed E-state index contributed by atoms with van der Waals surface area (Å²) in [6.45, 7) is 6.06. The molecule has 1 heterocycles. The highest BCUT2D eigenvalue weighted by Crippen LogP contribution is 2.17. The molecule has 1 saturated heterocycles. The Labute approximate surface area is 97.4 Å². The third kappa shape index (κ3) is 3.41. The van der Waals surface area contributed by atoms with Crippen LogP contribution in [0.4, 0.5) is 0 Å². The van der Waals surface area contributed by atoms with Gasteiger partial charge in [-0.25, -0.2) is 8.42 Å². The molecular formula is C10H21NO4S. The predicted molar refractivity (Wildman–Crippen MR) is 61.6 cm³/mol. The number of hydrogen-bond acceptors (Lipinski definition) is 4. The van der Waals surface area contributed by atoms with Crippen LogP contribution in [0.25, 0.3) is 0 Å². The zero-order chi connectivity index (χ0) is 12.3. The van der Waals surface area contributed by atoms with Crippen LogP contribution in [0.5, 0.6) is 0 Å². The van der Waals surface area contributed by atoms with E-state index in [4.69, 9.17) is 9.84 Å². The summed E-state index contributed by atoms with van der Waals surface area (Å²) >= 11 is 0. The molecule has 96 valence electrons. The fourth-order valence-corrected chi connectivity index (χ4v) is 3.84. The number of morpholine rings is 1. The highest BCUT2D eigenvalue weighted by Gasteiger charge is 2.34. The van der Waals surface area contributed by atoms with Crippen LogP contribution >= 0.6 is 0 Å². The van der Waals surface area contributed by atoms with Crippen LogP contribution in [0, 0.1) is 5.92 Å². The van der Waals surface area contributed by atoms with Crippen molar-refractivity contribution in [2.45, 2.75) is 32.9 Å². The predicted octanol–water partition coefficient (Wildman–Crippen LogP) is 0.0538. The normalized spacial score (nSPS) is 28.6. The molecule has 6 heteroatoms. The van der Waals surface area contributed by atoms with Gasteiger partial charge in [-0.05, 0) is 12.8 Å². The second-order valence-corrected chi connectivity index (χ2v) is 6.70. The summed E-state index contributed by atoms with van der Waals surface area (Å²) in [5, 5.41) is 9.00. The first-order chi connectivity index (χ1) is 7.36. The van der Waals surface area contributed by atoms with E-state index in [2.05, 4.69) is 0 Å². The Balaban J connectivity index is 2.76. The van der Waals surface area contributed by atoms with Gasteiger partial charge in [-0.15, -0.1) is 0 Å². The van der Waals surface area contributed by atoms with Crippen molar-refractivity contribution in [2.24, 2.45) is 5.92 Å². The van der Waals surface area contributed by atoms with Crippen LogP contribution in [0.3, 0.4) is 0 Å². The molecule has 0 aromatic carbocycles. The Morgan fingerprint density at radius 2 is 2.12 bits per heavy atom. The molecule has 0 aromatic heterocycles. The third-order valence-electron chi connectivity index (χ3n) is 2.55. The molecule has 5 nitrogen and oxygen atoms in total. The summed E-state index contributed by atoms with van der Waals surface area (Å²) in [5.74, 6) is 0.253. The maximum Gasteiger partial charge on any atom is 0.214 e. The molecule has 0 radical (unpaired) electrons. The fourth-order valence-electron chi connectivity index (χ4n) is 1.81. The lowest BCUT2D eigenvalue weighted by molar-refractivity contribution is -0.0516. The van der Waals surface area contributed by atoms with Gasteiger partial charge in [0.15, 0.2) is 0 Å². The van der Waals surface area contributed by atoms with Crippen LogP contribution in [-0.2, 0) is 14.8 Å². The van der Waals surface area contributed by atoms with E-state index in [-0.39, 0.29) is 30.9 Å². The summed E-state index contributed by atoms with van der Waals surface area (Å²) < 4.78 is 30.9. The summed E-state index contributed by atoms with van der Waals surface area (Å²) in [4.78, 5) is 0. The van der Waals surface area contributed by atoms with Gasteiger partial charge in [0.25, 0.3) is 0 Å². The molecule has 1 fully saturated rings. The first kappa shape index (κ1) is 13.9. The number of nitrogens with zero attached hydrogens (tertiary/aromatic N) is 1. The number of aliphatic hydroxyl groups excluding tert-OH is 1. The highest BCUT2D eigenvalue weighted by atomic mass is 32.2. The van der Waals surface area contributed by atoms with Gasteiger partial charge in [0, 0.05) is 12.6 Å².